The van der Waals surface area contributed by atoms with Gasteiger partial charge in [-0.15, -0.1) is 0 Å². The van der Waals surface area contributed by atoms with Crippen LogP contribution in [0.15, 0.2) is 24.3 Å². The van der Waals surface area contributed by atoms with E-state index in [1.807, 2.05) is 12.1 Å². The number of carbonyl (C=O) groups is 1. The summed E-state index contributed by atoms with van der Waals surface area (Å²) in [5, 5.41) is 3.10. The van der Waals surface area contributed by atoms with Gasteiger partial charge in [0.2, 0.25) is 0 Å². The molecule has 146 valence electrons. The molecule has 0 aromatic heterocycles. The van der Waals surface area contributed by atoms with Crippen LogP contribution in [0, 0.1) is 5.92 Å². The molecule has 1 aromatic rings. The summed E-state index contributed by atoms with van der Waals surface area (Å²) < 4.78 is 0. The molecule has 1 unspecified atom stereocenters. The predicted octanol–water partition coefficient (Wildman–Crippen LogP) is 3.77. The number of rotatable bonds is 9. The first-order valence-corrected chi connectivity index (χ1v) is 10.3. The lowest BCUT2D eigenvalue weighted by Crippen LogP contribution is -2.38. The maximum atomic E-state index is 12.4. The van der Waals surface area contributed by atoms with Gasteiger partial charge in [0, 0.05) is 31.2 Å². The van der Waals surface area contributed by atoms with Crippen molar-refractivity contribution in [1.29, 1.82) is 0 Å². The van der Waals surface area contributed by atoms with Crippen LogP contribution in [0.1, 0.15) is 62.9 Å². The molecule has 1 heterocycles. The van der Waals surface area contributed by atoms with E-state index in [0.717, 1.165) is 31.7 Å². The molecule has 0 bridgehead atoms. The predicted molar refractivity (Wildman–Crippen MR) is 109 cm³/mol. The maximum absolute atomic E-state index is 12.4. The number of amides is 1. The summed E-state index contributed by atoms with van der Waals surface area (Å²) in [5.74, 6) is 0.527. The van der Waals surface area contributed by atoms with E-state index in [0.29, 0.717) is 12.0 Å². The molecule has 1 saturated heterocycles. The van der Waals surface area contributed by atoms with Crippen molar-refractivity contribution in [3.63, 3.8) is 0 Å². The minimum Gasteiger partial charge on any atom is -0.352 e. The molecule has 1 N–H and O–H groups in total. The summed E-state index contributed by atoms with van der Waals surface area (Å²) in [5.41, 5.74) is 2.02. The number of likely N-dealkylation sites (tertiary alicyclic amines) is 1. The van der Waals surface area contributed by atoms with Crippen LogP contribution < -0.4 is 5.32 Å². The Hall–Kier alpha value is -1.39. The zero-order valence-electron chi connectivity index (χ0n) is 17.1. The van der Waals surface area contributed by atoms with E-state index in [1.165, 1.54) is 37.9 Å². The second kappa shape index (κ2) is 10.7. The second-order valence-corrected chi connectivity index (χ2v) is 8.03. The summed E-state index contributed by atoms with van der Waals surface area (Å²) in [7, 11) is 0. The summed E-state index contributed by atoms with van der Waals surface area (Å²) in [4.78, 5) is 17.3. The SMILES string of the molecule is CCN(Cc1ccc(C(=O)NCC(C)CN2CCCCC2)cc1)C(C)C. The molecule has 0 radical (unpaired) electrons. The Morgan fingerprint density at radius 2 is 1.77 bits per heavy atom. The van der Waals surface area contributed by atoms with Crippen molar-refractivity contribution < 1.29 is 4.79 Å². The van der Waals surface area contributed by atoms with Crippen molar-refractivity contribution in [3.05, 3.63) is 35.4 Å². The average molecular weight is 360 g/mol. The molecule has 4 nitrogen and oxygen atoms in total. The van der Waals surface area contributed by atoms with E-state index in [9.17, 15) is 4.79 Å². The first-order chi connectivity index (χ1) is 12.5. The largest absolute Gasteiger partial charge is 0.352 e. The van der Waals surface area contributed by atoms with Gasteiger partial charge < -0.3 is 10.2 Å². The number of nitrogens with one attached hydrogen (secondary N) is 1. The van der Waals surface area contributed by atoms with E-state index < -0.39 is 0 Å². The number of carbonyl (C=O) groups excluding carboxylic acids is 1. The van der Waals surface area contributed by atoms with Crippen LogP contribution in [-0.2, 0) is 6.54 Å². The van der Waals surface area contributed by atoms with Gasteiger partial charge in [-0.2, -0.15) is 0 Å². The van der Waals surface area contributed by atoms with Crippen LogP contribution in [0.3, 0.4) is 0 Å². The highest BCUT2D eigenvalue weighted by Crippen LogP contribution is 2.12. The second-order valence-electron chi connectivity index (χ2n) is 8.03. The average Bonchev–Trinajstić information content (AvgIpc) is 2.65. The lowest BCUT2D eigenvalue weighted by Gasteiger charge is -2.29. The third kappa shape index (κ3) is 6.73. The quantitative estimate of drug-likeness (QED) is 0.729. The highest BCUT2D eigenvalue weighted by molar-refractivity contribution is 5.94. The summed E-state index contributed by atoms with van der Waals surface area (Å²) >= 11 is 0. The molecular formula is C22H37N3O. The minimum absolute atomic E-state index is 0.0400. The Balaban J connectivity index is 1.78. The summed E-state index contributed by atoms with van der Waals surface area (Å²) in [6, 6.07) is 8.60. The van der Waals surface area contributed by atoms with Crippen molar-refractivity contribution in [2.24, 2.45) is 5.92 Å². The van der Waals surface area contributed by atoms with Crippen LogP contribution in [0.5, 0.6) is 0 Å². The van der Waals surface area contributed by atoms with Crippen molar-refractivity contribution in [1.82, 2.24) is 15.1 Å². The lowest BCUT2D eigenvalue weighted by atomic mass is 10.1. The summed E-state index contributed by atoms with van der Waals surface area (Å²) in [6.07, 6.45) is 4.00. The van der Waals surface area contributed by atoms with Crippen LogP contribution in [0.4, 0.5) is 0 Å². The third-order valence-electron chi connectivity index (χ3n) is 5.37. The first kappa shape index (κ1) is 20.9. The Bertz CT molecular complexity index is 535. The van der Waals surface area contributed by atoms with Gasteiger partial charge in [-0.05, 0) is 69.9 Å². The van der Waals surface area contributed by atoms with Crippen molar-refractivity contribution in [3.8, 4) is 0 Å². The van der Waals surface area contributed by atoms with Crippen molar-refractivity contribution in [2.45, 2.75) is 59.5 Å². The number of benzene rings is 1. The normalized spacial score (nSPS) is 16.8. The molecule has 4 heteroatoms. The van der Waals surface area contributed by atoms with Crippen LogP contribution in [-0.4, -0.2) is 54.5 Å². The van der Waals surface area contributed by atoms with Gasteiger partial charge in [-0.3, -0.25) is 9.69 Å². The molecule has 1 amide bonds. The van der Waals surface area contributed by atoms with E-state index >= 15 is 0 Å². The molecule has 0 aliphatic carbocycles. The molecule has 2 rings (SSSR count). The maximum Gasteiger partial charge on any atom is 0.251 e. The van der Waals surface area contributed by atoms with Crippen LogP contribution in [0.25, 0.3) is 0 Å². The standard InChI is InChI=1S/C22H37N3O/c1-5-25(18(2)3)17-20-9-11-21(12-10-20)22(26)23-15-19(4)16-24-13-7-6-8-14-24/h9-12,18-19H,5-8,13-17H2,1-4H3,(H,23,26). The highest BCUT2D eigenvalue weighted by atomic mass is 16.1. The first-order valence-electron chi connectivity index (χ1n) is 10.3. The zero-order valence-corrected chi connectivity index (χ0v) is 17.1. The van der Waals surface area contributed by atoms with Crippen LogP contribution >= 0.6 is 0 Å². The molecule has 26 heavy (non-hydrogen) atoms. The smallest absolute Gasteiger partial charge is 0.251 e. The summed E-state index contributed by atoms with van der Waals surface area (Å²) in [6.45, 7) is 15.1. The van der Waals surface area contributed by atoms with Gasteiger partial charge >= 0.3 is 0 Å². The minimum atomic E-state index is 0.0400. The molecule has 1 aromatic carbocycles. The Kier molecular flexibility index (Phi) is 8.60. The van der Waals surface area contributed by atoms with Gasteiger partial charge in [0.05, 0.1) is 0 Å². The number of piperidine rings is 1. The number of hydrogen-bond acceptors (Lipinski definition) is 3. The van der Waals surface area contributed by atoms with E-state index in [1.54, 1.807) is 0 Å². The topological polar surface area (TPSA) is 35.6 Å². The monoisotopic (exact) mass is 359 g/mol. The fourth-order valence-corrected chi connectivity index (χ4v) is 3.67. The number of hydrogen-bond donors (Lipinski definition) is 1. The van der Waals surface area contributed by atoms with E-state index in [4.69, 9.17) is 0 Å². The fourth-order valence-electron chi connectivity index (χ4n) is 3.67. The van der Waals surface area contributed by atoms with E-state index in [-0.39, 0.29) is 5.91 Å². The fraction of sp³-hybridized carbons (Fsp3) is 0.682. The van der Waals surface area contributed by atoms with Gasteiger partial charge in [0.15, 0.2) is 0 Å². The highest BCUT2D eigenvalue weighted by Gasteiger charge is 2.15. The van der Waals surface area contributed by atoms with Crippen molar-refractivity contribution in [2.75, 3.05) is 32.7 Å². The molecule has 1 fully saturated rings. The third-order valence-corrected chi connectivity index (χ3v) is 5.37. The van der Waals surface area contributed by atoms with Gasteiger partial charge in [0.25, 0.3) is 5.91 Å². The number of nitrogens with zero attached hydrogens (tertiary/aromatic N) is 2. The lowest BCUT2D eigenvalue weighted by molar-refractivity contribution is 0.0942. The molecular weight excluding hydrogens is 322 g/mol. The van der Waals surface area contributed by atoms with Crippen molar-refractivity contribution >= 4 is 5.91 Å². The Morgan fingerprint density at radius 1 is 1.12 bits per heavy atom. The Labute approximate surface area is 159 Å². The molecule has 1 aliphatic rings. The van der Waals surface area contributed by atoms with E-state index in [2.05, 4.69) is 54.9 Å². The molecule has 1 atom stereocenters. The van der Waals surface area contributed by atoms with Gasteiger partial charge in [-0.25, -0.2) is 0 Å². The molecule has 1 aliphatic heterocycles. The molecule has 0 spiro atoms. The van der Waals surface area contributed by atoms with Crippen LogP contribution in [0.2, 0.25) is 0 Å². The van der Waals surface area contributed by atoms with Gasteiger partial charge in [-0.1, -0.05) is 32.4 Å². The molecule has 0 saturated carbocycles. The van der Waals surface area contributed by atoms with Gasteiger partial charge in [0.1, 0.15) is 0 Å². The zero-order chi connectivity index (χ0) is 18.9. The Morgan fingerprint density at radius 3 is 2.35 bits per heavy atom.